The Morgan fingerprint density at radius 1 is 1.05 bits per heavy atom. The third kappa shape index (κ3) is 2.18. The predicted molar refractivity (Wildman–Crippen MR) is 81.8 cm³/mol. The lowest BCUT2D eigenvalue weighted by Crippen LogP contribution is -1.97. The molecule has 0 atom stereocenters. The fourth-order valence-corrected chi connectivity index (χ4v) is 2.33. The van der Waals surface area contributed by atoms with E-state index in [4.69, 9.17) is 5.73 Å². The van der Waals surface area contributed by atoms with Gasteiger partial charge in [-0.1, -0.05) is 28.1 Å². The van der Waals surface area contributed by atoms with Gasteiger partial charge in [-0.05, 0) is 17.7 Å². The van der Waals surface area contributed by atoms with Crippen LogP contribution in [0.5, 0.6) is 0 Å². The molecule has 5 nitrogen and oxygen atoms in total. The van der Waals surface area contributed by atoms with Gasteiger partial charge in [-0.25, -0.2) is 9.97 Å². The van der Waals surface area contributed by atoms with E-state index in [1.807, 2.05) is 31.3 Å². The molecule has 0 aliphatic carbocycles. The normalized spacial score (nSPS) is 10.7. The molecule has 2 heterocycles. The van der Waals surface area contributed by atoms with Crippen molar-refractivity contribution in [3.63, 3.8) is 0 Å². The van der Waals surface area contributed by atoms with Gasteiger partial charge in [-0.15, -0.1) is 0 Å². The molecule has 0 radical (unpaired) electrons. The summed E-state index contributed by atoms with van der Waals surface area (Å²) >= 11 is 3.43. The molecule has 0 unspecified atom stereocenters. The van der Waals surface area contributed by atoms with Crippen molar-refractivity contribution >= 4 is 21.7 Å². The molecule has 3 aromatic rings. The van der Waals surface area contributed by atoms with E-state index in [9.17, 15) is 0 Å². The van der Waals surface area contributed by atoms with Gasteiger partial charge >= 0.3 is 0 Å². The van der Waals surface area contributed by atoms with Crippen molar-refractivity contribution < 1.29 is 0 Å². The first-order chi connectivity index (χ1) is 9.66. The van der Waals surface area contributed by atoms with Crippen LogP contribution in [-0.4, -0.2) is 19.7 Å². The first-order valence-corrected chi connectivity index (χ1v) is 6.80. The number of nitrogen functional groups attached to an aromatic ring is 1. The van der Waals surface area contributed by atoms with E-state index in [0.29, 0.717) is 5.82 Å². The molecule has 0 aliphatic rings. The van der Waals surface area contributed by atoms with Crippen LogP contribution >= 0.6 is 15.9 Å². The first-order valence-electron chi connectivity index (χ1n) is 6.00. The lowest BCUT2D eigenvalue weighted by molar-refractivity contribution is 0.782. The number of rotatable bonds is 2. The zero-order valence-corrected chi connectivity index (χ0v) is 12.4. The Kier molecular flexibility index (Phi) is 3.23. The Morgan fingerprint density at radius 2 is 1.70 bits per heavy atom. The fraction of sp³-hybridized carbons (Fsp3) is 0.0714. The van der Waals surface area contributed by atoms with Gasteiger partial charge in [-0.3, -0.25) is 4.68 Å². The topological polar surface area (TPSA) is 69.6 Å². The number of benzene rings is 1. The molecule has 3 rings (SSSR count). The summed E-state index contributed by atoms with van der Waals surface area (Å²) in [5.74, 6) is 0.617. The molecule has 0 saturated carbocycles. The quantitative estimate of drug-likeness (QED) is 0.784. The molecular weight excluding hydrogens is 318 g/mol. The van der Waals surface area contributed by atoms with E-state index >= 15 is 0 Å². The highest BCUT2D eigenvalue weighted by atomic mass is 79.9. The number of aryl methyl sites for hydroxylation is 1. The zero-order chi connectivity index (χ0) is 14.1. The second-order valence-corrected chi connectivity index (χ2v) is 5.28. The van der Waals surface area contributed by atoms with Crippen molar-refractivity contribution in [2.45, 2.75) is 0 Å². The van der Waals surface area contributed by atoms with Crippen LogP contribution in [0.25, 0.3) is 22.4 Å². The van der Waals surface area contributed by atoms with Crippen LogP contribution in [-0.2, 0) is 7.05 Å². The summed E-state index contributed by atoms with van der Waals surface area (Å²) in [7, 11) is 1.82. The number of anilines is 1. The van der Waals surface area contributed by atoms with Gasteiger partial charge in [0.15, 0.2) is 0 Å². The molecule has 1 aromatic carbocycles. The van der Waals surface area contributed by atoms with E-state index in [1.54, 1.807) is 17.1 Å². The average Bonchev–Trinajstić information content (AvgIpc) is 2.77. The molecule has 2 N–H and O–H groups in total. The lowest BCUT2D eigenvalue weighted by Gasteiger charge is -2.04. The maximum absolute atomic E-state index is 6.16. The van der Waals surface area contributed by atoms with Crippen molar-refractivity contribution in [1.29, 1.82) is 0 Å². The van der Waals surface area contributed by atoms with Gasteiger partial charge in [0, 0.05) is 29.5 Å². The second kappa shape index (κ2) is 5.05. The third-order valence-electron chi connectivity index (χ3n) is 3.06. The standard InChI is InChI=1S/C14H12BrN5/c1-20-14(16)12(9-2-4-11(15)5-3-9)13(19-20)10-6-17-8-18-7-10/h2-8H,16H2,1H3. The van der Waals surface area contributed by atoms with E-state index in [-0.39, 0.29) is 0 Å². The van der Waals surface area contributed by atoms with Crippen molar-refractivity contribution in [2.24, 2.45) is 7.05 Å². The fourth-order valence-electron chi connectivity index (χ4n) is 2.06. The predicted octanol–water partition coefficient (Wildman–Crippen LogP) is 2.89. The molecule has 0 amide bonds. The highest BCUT2D eigenvalue weighted by molar-refractivity contribution is 9.10. The van der Waals surface area contributed by atoms with Crippen LogP contribution in [0.4, 0.5) is 5.82 Å². The first kappa shape index (κ1) is 12.8. The van der Waals surface area contributed by atoms with Gasteiger partial charge in [0.1, 0.15) is 17.8 Å². The van der Waals surface area contributed by atoms with Crippen LogP contribution in [0, 0.1) is 0 Å². The molecule has 0 fully saturated rings. The SMILES string of the molecule is Cn1nc(-c2cncnc2)c(-c2ccc(Br)cc2)c1N. The molecule has 2 aromatic heterocycles. The van der Waals surface area contributed by atoms with Gasteiger partial charge in [0.2, 0.25) is 0 Å². The molecule has 0 aliphatic heterocycles. The summed E-state index contributed by atoms with van der Waals surface area (Å²) in [6.07, 6.45) is 4.96. The minimum absolute atomic E-state index is 0.617. The number of nitrogens with zero attached hydrogens (tertiary/aromatic N) is 4. The number of halogens is 1. The van der Waals surface area contributed by atoms with Crippen molar-refractivity contribution in [2.75, 3.05) is 5.73 Å². The number of hydrogen-bond donors (Lipinski definition) is 1. The molecule has 0 spiro atoms. The third-order valence-corrected chi connectivity index (χ3v) is 3.59. The van der Waals surface area contributed by atoms with Gasteiger partial charge in [-0.2, -0.15) is 5.10 Å². The van der Waals surface area contributed by atoms with Crippen molar-refractivity contribution in [1.82, 2.24) is 19.7 Å². The Balaban J connectivity index is 2.22. The Hall–Kier alpha value is -2.21. The largest absolute Gasteiger partial charge is 0.383 e. The summed E-state index contributed by atoms with van der Waals surface area (Å²) in [6, 6.07) is 7.97. The van der Waals surface area contributed by atoms with Crippen LogP contribution in [0.3, 0.4) is 0 Å². The second-order valence-electron chi connectivity index (χ2n) is 4.37. The van der Waals surface area contributed by atoms with E-state index in [0.717, 1.165) is 26.9 Å². The summed E-state index contributed by atoms with van der Waals surface area (Å²) in [5, 5.41) is 4.48. The van der Waals surface area contributed by atoms with Crippen LogP contribution in [0.1, 0.15) is 0 Å². The number of hydrogen-bond acceptors (Lipinski definition) is 4. The molecule has 20 heavy (non-hydrogen) atoms. The van der Waals surface area contributed by atoms with Crippen molar-refractivity contribution in [3.8, 4) is 22.4 Å². The maximum atomic E-state index is 6.16. The van der Waals surface area contributed by atoms with Crippen LogP contribution in [0.15, 0.2) is 47.5 Å². The Morgan fingerprint density at radius 3 is 2.35 bits per heavy atom. The van der Waals surface area contributed by atoms with Gasteiger partial charge in [0.25, 0.3) is 0 Å². The summed E-state index contributed by atoms with van der Waals surface area (Å²) in [4.78, 5) is 8.08. The van der Waals surface area contributed by atoms with Gasteiger partial charge in [0.05, 0.1) is 5.56 Å². The summed E-state index contributed by atoms with van der Waals surface area (Å²) in [5.41, 5.74) is 9.70. The van der Waals surface area contributed by atoms with Crippen molar-refractivity contribution in [3.05, 3.63) is 47.5 Å². The highest BCUT2D eigenvalue weighted by Crippen LogP contribution is 2.35. The molecule has 0 saturated heterocycles. The molecular formula is C14H12BrN5. The molecule has 0 bridgehead atoms. The summed E-state index contributed by atoms with van der Waals surface area (Å²) < 4.78 is 2.69. The molecule has 100 valence electrons. The minimum Gasteiger partial charge on any atom is -0.383 e. The van der Waals surface area contributed by atoms with E-state index in [2.05, 4.69) is 31.0 Å². The zero-order valence-electron chi connectivity index (χ0n) is 10.8. The highest BCUT2D eigenvalue weighted by Gasteiger charge is 2.17. The van der Waals surface area contributed by atoms with Crippen LogP contribution in [0.2, 0.25) is 0 Å². The van der Waals surface area contributed by atoms with E-state index in [1.165, 1.54) is 6.33 Å². The number of nitrogens with two attached hydrogens (primary N) is 1. The lowest BCUT2D eigenvalue weighted by atomic mass is 10.0. The smallest absolute Gasteiger partial charge is 0.129 e. The minimum atomic E-state index is 0.617. The van der Waals surface area contributed by atoms with E-state index < -0.39 is 0 Å². The van der Waals surface area contributed by atoms with Gasteiger partial charge < -0.3 is 5.73 Å². The Labute approximate surface area is 124 Å². The average molecular weight is 330 g/mol. The Bertz CT molecular complexity index is 734. The maximum Gasteiger partial charge on any atom is 0.129 e. The van der Waals surface area contributed by atoms with Crippen LogP contribution < -0.4 is 5.73 Å². The monoisotopic (exact) mass is 329 g/mol. The molecule has 6 heteroatoms. The summed E-state index contributed by atoms with van der Waals surface area (Å²) in [6.45, 7) is 0. The number of aromatic nitrogens is 4.